The topological polar surface area (TPSA) is 160 Å². The third-order valence-electron chi connectivity index (χ3n) is 4.28. The van der Waals surface area contributed by atoms with Gasteiger partial charge < -0.3 is 25.7 Å². The van der Waals surface area contributed by atoms with Gasteiger partial charge in [-0.1, -0.05) is 29.8 Å². The molecule has 0 spiro atoms. The van der Waals surface area contributed by atoms with Gasteiger partial charge in [-0.25, -0.2) is 14.4 Å². The summed E-state index contributed by atoms with van der Waals surface area (Å²) in [6, 6.07) is 12.2. The fraction of sp³-hybridized carbons (Fsp3) is 0.0476. The molecule has 0 aliphatic heterocycles. The van der Waals surface area contributed by atoms with Crippen molar-refractivity contribution in [2.24, 2.45) is 0 Å². The van der Waals surface area contributed by atoms with Crippen LogP contribution in [0, 0.1) is 6.92 Å². The molecular weight excluding hydrogens is 392 g/mol. The van der Waals surface area contributed by atoms with Crippen molar-refractivity contribution in [1.82, 2.24) is 4.98 Å². The Kier molecular flexibility index (Phi) is 5.37. The second-order valence-corrected chi connectivity index (χ2v) is 6.39. The fourth-order valence-electron chi connectivity index (χ4n) is 2.96. The van der Waals surface area contributed by atoms with Crippen LogP contribution in [-0.4, -0.2) is 33.1 Å². The summed E-state index contributed by atoms with van der Waals surface area (Å²) in [4.78, 5) is 49.6. The summed E-state index contributed by atoms with van der Waals surface area (Å²) in [7, 11) is 0. The van der Waals surface area contributed by atoms with Crippen LogP contribution in [0.15, 0.2) is 53.3 Å². The van der Waals surface area contributed by atoms with E-state index in [1.165, 1.54) is 24.3 Å². The number of rotatable bonds is 5. The van der Waals surface area contributed by atoms with E-state index in [1.807, 2.05) is 18.0 Å². The molecule has 30 heavy (non-hydrogen) atoms. The van der Waals surface area contributed by atoms with Gasteiger partial charge in [-0.2, -0.15) is 0 Å². The average molecular weight is 408 g/mol. The highest BCUT2D eigenvalue weighted by atomic mass is 16.5. The first-order chi connectivity index (χ1) is 14.2. The van der Waals surface area contributed by atoms with Crippen LogP contribution in [0.1, 0.15) is 36.6 Å². The highest BCUT2D eigenvalue weighted by molar-refractivity contribution is 6.07. The number of carbonyl (C=O) groups is 3. The summed E-state index contributed by atoms with van der Waals surface area (Å²) in [5.41, 5.74) is 4.27. The number of nitrogen functional groups attached to an aromatic ring is 1. The molecule has 1 aromatic heterocycles. The van der Waals surface area contributed by atoms with Crippen molar-refractivity contribution in [1.29, 1.82) is 0 Å². The zero-order valence-electron chi connectivity index (χ0n) is 15.6. The van der Waals surface area contributed by atoms with Crippen molar-refractivity contribution in [3.05, 3.63) is 81.1 Å². The van der Waals surface area contributed by atoms with Crippen LogP contribution >= 0.6 is 0 Å². The van der Waals surface area contributed by atoms with Crippen LogP contribution in [0.3, 0.4) is 0 Å². The van der Waals surface area contributed by atoms with Gasteiger partial charge in [0.15, 0.2) is 0 Å². The maximum absolute atomic E-state index is 12.3. The molecule has 3 rings (SSSR count). The van der Waals surface area contributed by atoms with Gasteiger partial charge in [-0.15, -0.1) is 0 Å². The van der Waals surface area contributed by atoms with E-state index in [1.54, 1.807) is 18.2 Å². The van der Waals surface area contributed by atoms with Gasteiger partial charge in [0.2, 0.25) is 0 Å². The van der Waals surface area contributed by atoms with Crippen molar-refractivity contribution in [2.45, 2.75) is 6.92 Å². The summed E-state index contributed by atoms with van der Waals surface area (Å²) in [5.74, 6) is -4.02. The molecule has 0 radical (unpaired) electrons. The first kappa shape index (κ1) is 20.3. The number of nitrogens with two attached hydrogens (primary N) is 1. The van der Waals surface area contributed by atoms with E-state index < -0.39 is 40.4 Å². The van der Waals surface area contributed by atoms with Gasteiger partial charge in [0.25, 0.3) is 5.56 Å². The van der Waals surface area contributed by atoms with Gasteiger partial charge in [0, 0.05) is 5.56 Å². The summed E-state index contributed by atoms with van der Waals surface area (Å²) >= 11 is 0. The van der Waals surface area contributed by atoms with Crippen molar-refractivity contribution in [3.8, 4) is 16.9 Å². The molecule has 0 saturated carbocycles. The normalized spacial score (nSPS) is 10.4. The molecule has 0 saturated heterocycles. The number of carboxylic acids is 2. The molecule has 5 N–H and O–H groups in total. The number of aromatic nitrogens is 1. The van der Waals surface area contributed by atoms with Crippen LogP contribution in [-0.2, 0) is 0 Å². The molecule has 0 fully saturated rings. The molecular formula is C21H16N2O7. The first-order valence-corrected chi connectivity index (χ1v) is 8.60. The van der Waals surface area contributed by atoms with E-state index in [0.29, 0.717) is 5.56 Å². The quantitative estimate of drug-likeness (QED) is 0.370. The van der Waals surface area contributed by atoms with Gasteiger partial charge in [0.05, 0.1) is 5.56 Å². The Hall–Kier alpha value is -4.40. The SMILES string of the molecule is Cc1cccc(C(=O)Oc2ccc(-c3c(C(=O)O)c(N)[nH]c(=O)c3C(=O)O)cc2)c1. The van der Waals surface area contributed by atoms with Gasteiger partial charge in [-0.05, 0) is 36.8 Å². The highest BCUT2D eigenvalue weighted by Crippen LogP contribution is 2.30. The number of aromatic amines is 1. The largest absolute Gasteiger partial charge is 0.478 e. The number of benzene rings is 2. The standard InChI is InChI=1S/C21H16N2O7/c1-10-3-2-4-12(9-10)21(29)30-13-7-5-11(6-8-13)14-15(19(25)26)17(22)23-18(24)16(14)20(27)28/h2-9H,1H3,(H,25,26)(H,27,28)(H3,22,23,24). The van der Waals surface area contributed by atoms with Gasteiger partial charge in [-0.3, -0.25) is 4.79 Å². The summed E-state index contributed by atoms with van der Waals surface area (Å²) in [6.07, 6.45) is 0. The number of esters is 1. The summed E-state index contributed by atoms with van der Waals surface area (Å²) < 4.78 is 5.28. The minimum atomic E-state index is -1.61. The van der Waals surface area contributed by atoms with E-state index in [-0.39, 0.29) is 16.9 Å². The van der Waals surface area contributed by atoms with Crippen molar-refractivity contribution in [3.63, 3.8) is 0 Å². The third-order valence-corrected chi connectivity index (χ3v) is 4.28. The summed E-state index contributed by atoms with van der Waals surface area (Å²) in [5, 5.41) is 18.9. The monoisotopic (exact) mass is 408 g/mol. The molecule has 9 nitrogen and oxygen atoms in total. The van der Waals surface area contributed by atoms with Crippen LogP contribution in [0.4, 0.5) is 5.82 Å². The number of ether oxygens (including phenoxy) is 1. The number of aromatic carboxylic acids is 2. The van der Waals surface area contributed by atoms with Crippen LogP contribution < -0.4 is 16.0 Å². The third kappa shape index (κ3) is 3.90. The van der Waals surface area contributed by atoms with Crippen LogP contribution in [0.2, 0.25) is 0 Å². The number of H-pyrrole nitrogens is 1. The van der Waals surface area contributed by atoms with E-state index in [2.05, 4.69) is 0 Å². The Bertz CT molecular complexity index is 1230. The maximum atomic E-state index is 12.3. The van der Waals surface area contributed by atoms with Crippen molar-refractivity contribution in [2.75, 3.05) is 5.73 Å². The molecule has 0 amide bonds. The van der Waals surface area contributed by atoms with E-state index in [0.717, 1.165) is 5.56 Å². The molecule has 9 heteroatoms. The fourth-order valence-corrected chi connectivity index (χ4v) is 2.96. The lowest BCUT2D eigenvalue weighted by atomic mass is 9.95. The molecule has 0 aliphatic carbocycles. The van der Waals surface area contributed by atoms with E-state index >= 15 is 0 Å². The number of hydrogen-bond acceptors (Lipinski definition) is 6. The number of aryl methyl sites for hydroxylation is 1. The van der Waals surface area contributed by atoms with Crippen molar-refractivity contribution >= 4 is 23.7 Å². The second-order valence-electron chi connectivity index (χ2n) is 6.39. The number of carbonyl (C=O) groups excluding carboxylic acids is 1. The second kappa shape index (κ2) is 7.92. The number of carboxylic acid groups (broad SMARTS) is 2. The van der Waals surface area contributed by atoms with E-state index in [9.17, 15) is 29.4 Å². The average Bonchev–Trinajstić information content (AvgIpc) is 2.67. The number of pyridine rings is 1. The molecule has 2 aromatic carbocycles. The summed E-state index contributed by atoms with van der Waals surface area (Å²) in [6.45, 7) is 1.83. The van der Waals surface area contributed by atoms with Gasteiger partial charge >= 0.3 is 17.9 Å². The number of anilines is 1. The molecule has 1 heterocycles. The molecule has 0 aliphatic rings. The van der Waals surface area contributed by atoms with Crippen molar-refractivity contribution < 1.29 is 29.3 Å². The van der Waals surface area contributed by atoms with Crippen LogP contribution in [0.5, 0.6) is 5.75 Å². The Labute approximate surface area is 169 Å². The zero-order valence-corrected chi connectivity index (χ0v) is 15.6. The lowest BCUT2D eigenvalue weighted by Crippen LogP contribution is -2.24. The number of nitrogens with one attached hydrogen (secondary N) is 1. The molecule has 3 aromatic rings. The molecule has 0 unspecified atom stereocenters. The van der Waals surface area contributed by atoms with Gasteiger partial charge in [0.1, 0.15) is 22.7 Å². The Morgan fingerprint density at radius 2 is 1.60 bits per heavy atom. The Morgan fingerprint density at radius 1 is 0.967 bits per heavy atom. The lowest BCUT2D eigenvalue weighted by Gasteiger charge is -2.12. The Morgan fingerprint density at radius 3 is 2.17 bits per heavy atom. The maximum Gasteiger partial charge on any atom is 0.343 e. The predicted molar refractivity (Wildman–Crippen MR) is 107 cm³/mol. The minimum absolute atomic E-state index is 0.109. The molecule has 152 valence electrons. The first-order valence-electron chi connectivity index (χ1n) is 8.60. The zero-order chi connectivity index (χ0) is 22.0. The molecule has 0 bridgehead atoms. The smallest absolute Gasteiger partial charge is 0.343 e. The highest BCUT2D eigenvalue weighted by Gasteiger charge is 2.26. The van der Waals surface area contributed by atoms with E-state index in [4.69, 9.17) is 10.5 Å². The lowest BCUT2D eigenvalue weighted by molar-refractivity contribution is 0.0693. The number of hydrogen-bond donors (Lipinski definition) is 4. The predicted octanol–water partition coefficient (Wildman–Crippen LogP) is 2.55. The Balaban J connectivity index is 2.02. The minimum Gasteiger partial charge on any atom is -0.478 e. The molecule has 0 atom stereocenters. The van der Waals surface area contributed by atoms with Crippen LogP contribution in [0.25, 0.3) is 11.1 Å².